The van der Waals surface area contributed by atoms with Crippen LogP contribution in [0.4, 0.5) is 0 Å². The Morgan fingerprint density at radius 2 is 2.42 bits per heavy atom. The number of hydrogen-bond donors (Lipinski definition) is 1. The predicted molar refractivity (Wildman–Crippen MR) is 52.3 cm³/mol. The van der Waals surface area contributed by atoms with Crippen LogP contribution >= 0.6 is 22.9 Å². The summed E-state index contributed by atoms with van der Waals surface area (Å²) in [6, 6.07) is 0. The van der Waals surface area contributed by atoms with Gasteiger partial charge in [0.25, 0.3) is 5.56 Å². The standard InChI is InChI=1S/C6H5IN4O/c1-3-9-5-4(6(12)10-3)2-8-11(5)7/h2H,1H3,(H,9,10,12). The fourth-order valence-electron chi connectivity index (χ4n) is 1.00. The molecule has 0 spiro atoms. The number of aromatic nitrogens is 4. The third kappa shape index (κ3) is 1.02. The summed E-state index contributed by atoms with van der Waals surface area (Å²) in [6.07, 6.45) is 1.51. The van der Waals surface area contributed by atoms with E-state index < -0.39 is 0 Å². The van der Waals surface area contributed by atoms with Crippen LogP contribution < -0.4 is 5.56 Å². The minimum Gasteiger partial charge on any atom is -0.310 e. The number of nitrogens with one attached hydrogen (secondary N) is 1. The van der Waals surface area contributed by atoms with Crippen LogP contribution in [0.25, 0.3) is 11.0 Å². The second-order valence-electron chi connectivity index (χ2n) is 2.39. The van der Waals surface area contributed by atoms with Gasteiger partial charge in [-0.25, -0.2) is 4.98 Å². The number of rotatable bonds is 0. The highest BCUT2D eigenvalue weighted by Crippen LogP contribution is 2.07. The van der Waals surface area contributed by atoms with Gasteiger partial charge in [-0.2, -0.15) is 7.99 Å². The van der Waals surface area contributed by atoms with Crippen molar-refractivity contribution in [2.75, 3.05) is 0 Å². The third-order valence-electron chi connectivity index (χ3n) is 1.52. The van der Waals surface area contributed by atoms with E-state index in [0.29, 0.717) is 16.9 Å². The lowest BCUT2D eigenvalue weighted by atomic mass is 10.4. The summed E-state index contributed by atoms with van der Waals surface area (Å²) in [5.74, 6) is 0.603. The fraction of sp³-hybridized carbons (Fsp3) is 0.167. The zero-order valence-corrected chi connectivity index (χ0v) is 8.36. The molecule has 0 aliphatic rings. The van der Waals surface area contributed by atoms with Crippen molar-refractivity contribution in [2.24, 2.45) is 0 Å². The number of nitrogens with zero attached hydrogens (tertiary/aromatic N) is 3. The molecule has 0 aromatic carbocycles. The van der Waals surface area contributed by atoms with Gasteiger partial charge < -0.3 is 4.98 Å². The summed E-state index contributed by atoms with van der Waals surface area (Å²) in [4.78, 5) is 18.0. The van der Waals surface area contributed by atoms with Gasteiger partial charge in [-0.15, -0.1) is 0 Å². The second kappa shape index (κ2) is 2.54. The second-order valence-corrected chi connectivity index (χ2v) is 3.31. The largest absolute Gasteiger partial charge is 0.310 e. The van der Waals surface area contributed by atoms with E-state index in [1.165, 1.54) is 6.20 Å². The molecule has 0 saturated heterocycles. The Balaban J connectivity index is 3.03. The van der Waals surface area contributed by atoms with Crippen LogP contribution in [-0.2, 0) is 0 Å². The Morgan fingerprint density at radius 1 is 1.67 bits per heavy atom. The molecule has 0 fully saturated rings. The van der Waals surface area contributed by atoms with E-state index in [1.54, 1.807) is 9.82 Å². The van der Waals surface area contributed by atoms with E-state index in [1.807, 2.05) is 22.9 Å². The van der Waals surface area contributed by atoms with Crippen molar-refractivity contribution in [1.82, 2.24) is 18.0 Å². The first-order valence-corrected chi connectivity index (χ1v) is 4.26. The molecule has 5 nitrogen and oxygen atoms in total. The van der Waals surface area contributed by atoms with E-state index >= 15 is 0 Å². The average molecular weight is 276 g/mol. The summed E-state index contributed by atoms with van der Waals surface area (Å²) in [5.41, 5.74) is 0.470. The zero-order valence-electron chi connectivity index (χ0n) is 6.21. The van der Waals surface area contributed by atoms with Gasteiger partial charge in [0, 0.05) is 0 Å². The number of fused-ring (bicyclic) bond motifs is 1. The highest BCUT2D eigenvalue weighted by atomic mass is 127. The van der Waals surface area contributed by atoms with Crippen molar-refractivity contribution in [1.29, 1.82) is 0 Å². The smallest absolute Gasteiger partial charge is 0.262 e. The lowest BCUT2D eigenvalue weighted by Crippen LogP contribution is -2.08. The summed E-state index contributed by atoms with van der Waals surface area (Å²) in [6.45, 7) is 1.74. The number of aryl methyl sites for hydroxylation is 1. The van der Waals surface area contributed by atoms with Crippen molar-refractivity contribution in [3.05, 3.63) is 22.4 Å². The summed E-state index contributed by atoms with van der Waals surface area (Å²) >= 11 is 1.98. The Hall–Kier alpha value is -0.920. The maximum absolute atomic E-state index is 11.3. The molecule has 6 heteroatoms. The first kappa shape index (κ1) is 7.71. The maximum atomic E-state index is 11.3. The van der Waals surface area contributed by atoms with Crippen LogP contribution in [0.3, 0.4) is 0 Å². The van der Waals surface area contributed by atoms with Gasteiger partial charge in [0.05, 0.1) is 29.1 Å². The first-order chi connectivity index (χ1) is 5.68. The molecule has 2 aromatic heterocycles. The zero-order chi connectivity index (χ0) is 8.72. The molecule has 2 heterocycles. The van der Waals surface area contributed by atoms with Crippen LogP contribution in [-0.4, -0.2) is 18.0 Å². The van der Waals surface area contributed by atoms with Crippen LogP contribution in [0.1, 0.15) is 5.82 Å². The van der Waals surface area contributed by atoms with Crippen LogP contribution in [0.2, 0.25) is 0 Å². The summed E-state index contributed by atoms with van der Waals surface area (Å²) in [7, 11) is 0. The molecular weight excluding hydrogens is 271 g/mol. The SMILES string of the molecule is Cc1nc2c(cnn2I)c(=O)[nH]1. The third-order valence-corrected chi connectivity index (χ3v) is 2.22. The number of H-pyrrole nitrogens is 1. The van der Waals surface area contributed by atoms with E-state index in [2.05, 4.69) is 15.1 Å². The molecular formula is C6H5IN4O. The van der Waals surface area contributed by atoms with Gasteiger partial charge in [-0.3, -0.25) is 4.79 Å². The normalized spacial score (nSPS) is 10.8. The van der Waals surface area contributed by atoms with E-state index in [-0.39, 0.29) is 5.56 Å². The molecule has 0 unspecified atom stereocenters. The summed E-state index contributed by atoms with van der Waals surface area (Å²) < 4.78 is 1.55. The van der Waals surface area contributed by atoms with E-state index in [4.69, 9.17) is 0 Å². The fourth-order valence-corrected chi connectivity index (χ4v) is 1.49. The minimum atomic E-state index is -0.139. The van der Waals surface area contributed by atoms with Crippen molar-refractivity contribution in [3.8, 4) is 0 Å². The lowest BCUT2D eigenvalue weighted by molar-refractivity contribution is 1.02. The van der Waals surface area contributed by atoms with Crippen molar-refractivity contribution in [2.45, 2.75) is 6.92 Å². The van der Waals surface area contributed by atoms with Crippen molar-refractivity contribution < 1.29 is 0 Å². The van der Waals surface area contributed by atoms with E-state index in [9.17, 15) is 4.79 Å². The van der Waals surface area contributed by atoms with Crippen LogP contribution in [0.15, 0.2) is 11.0 Å². The molecule has 2 rings (SSSR count). The van der Waals surface area contributed by atoms with Crippen molar-refractivity contribution >= 4 is 33.9 Å². The monoisotopic (exact) mass is 276 g/mol. The van der Waals surface area contributed by atoms with Gasteiger partial charge in [0.2, 0.25) is 0 Å². The molecule has 62 valence electrons. The molecule has 0 saturated carbocycles. The molecule has 0 bridgehead atoms. The highest BCUT2D eigenvalue weighted by molar-refractivity contribution is 14.1. The molecule has 0 atom stereocenters. The molecule has 0 aliphatic carbocycles. The Kier molecular flexibility index (Phi) is 1.63. The molecule has 0 radical (unpaired) electrons. The van der Waals surface area contributed by atoms with Crippen LogP contribution in [0.5, 0.6) is 0 Å². The minimum absolute atomic E-state index is 0.139. The Morgan fingerprint density at radius 3 is 3.17 bits per heavy atom. The Bertz CT molecular complexity index is 486. The van der Waals surface area contributed by atoms with Crippen LogP contribution in [0, 0.1) is 6.92 Å². The van der Waals surface area contributed by atoms with Gasteiger partial charge in [0.15, 0.2) is 5.65 Å². The molecule has 2 aromatic rings. The van der Waals surface area contributed by atoms with Gasteiger partial charge in [0.1, 0.15) is 11.2 Å². The Labute approximate surface area is 81.3 Å². The molecule has 1 N–H and O–H groups in total. The maximum Gasteiger partial charge on any atom is 0.262 e. The van der Waals surface area contributed by atoms with Gasteiger partial charge >= 0.3 is 0 Å². The van der Waals surface area contributed by atoms with Gasteiger partial charge in [-0.05, 0) is 6.92 Å². The molecule has 12 heavy (non-hydrogen) atoms. The van der Waals surface area contributed by atoms with E-state index in [0.717, 1.165) is 0 Å². The lowest BCUT2D eigenvalue weighted by Gasteiger charge is -1.92. The van der Waals surface area contributed by atoms with Crippen molar-refractivity contribution in [3.63, 3.8) is 0 Å². The quantitative estimate of drug-likeness (QED) is 0.718. The molecule has 0 amide bonds. The topological polar surface area (TPSA) is 63.6 Å². The number of halogens is 1. The molecule has 0 aliphatic heterocycles. The number of aromatic amines is 1. The predicted octanol–water partition coefficient (Wildman–Crippen LogP) is 0.626. The van der Waals surface area contributed by atoms with Gasteiger partial charge in [-0.1, -0.05) is 0 Å². The average Bonchev–Trinajstić information content (AvgIpc) is 2.33. The number of hydrogen-bond acceptors (Lipinski definition) is 3. The first-order valence-electron chi connectivity index (χ1n) is 3.29. The summed E-state index contributed by atoms with van der Waals surface area (Å²) in [5, 5.41) is 4.44. The highest BCUT2D eigenvalue weighted by Gasteiger charge is 2.05.